The predicted octanol–water partition coefficient (Wildman–Crippen LogP) is 4.65. The highest BCUT2D eigenvalue weighted by molar-refractivity contribution is 5.77. The number of amides is 1. The van der Waals surface area contributed by atoms with Crippen LogP contribution in [-0.2, 0) is 11.2 Å². The molecule has 3 heteroatoms. The van der Waals surface area contributed by atoms with Crippen molar-refractivity contribution in [2.75, 3.05) is 0 Å². The van der Waals surface area contributed by atoms with Gasteiger partial charge in [0, 0.05) is 18.4 Å². The summed E-state index contributed by atoms with van der Waals surface area (Å²) >= 11 is 0. The predicted molar refractivity (Wildman–Crippen MR) is 101 cm³/mol. The van der Waals surface area contributed by atoms with Crippen LogP contribution in [0.4, 0.5) is 0 Å². The third kappa shape index (κ3) is 4.22. The largest absolute Gasteiger partial charge is 0.487 e. The second kappa shape index (κ2) is 6.91. The Morgan fingerprint density at radius 2 is 1.92 bits per heavy atom. The average molecular weight is 337 g/mol. The molecule has 1 atom stereocenters. The van der Waals surface area contributed by atoms with Crippen molar-refractivity contribution in [2.24, 2.45) is 0 Å². The van der Waals surface area contributed by atoms with Crippen molar-refractivity contribution in [3.63, 3.8) is 0 Å². The molecule has 0 fully saturated rings. The lowest BCUT2D eigenvalue weighted by Crippen LogP contribution is -2.41. The molecule has 0 saturated carbocycles. The van der Waals surface area contributed by atoms with Gasteiger partial charge in [0.1, 0.15) is 11.4 Å². The molecule has 0 saturated heterocycles. The van der Waals surface area contributed by atoms with E-state index < -0.39 is 0 Å². The summed E-state index contributed by atoms with van der Waals surface area (Å²) < 4.78 is 6.03. The summed E-state index contributed by atoms with van der Waals surface area (Å²) in [5, 5.41) is 3.21. The standard InChI is InChI=1S/C22H27NO2/c1-15-9-10-17(13-16(15)2)11-12-21(24)23-19-14-22(3,4)25-20-8-6-5-7-18(19)20/h5-10,13,19H,11-12,14H2,1-4H3,(H,23,24). The van der Waals surface area contributed by atoms with Crippen LogP contribution in [0.5, 0.6) is 5.75 Å². The second-order valence-corrected chi connectivity index (χ2v) is 7.64. The van der Waals surface area contributed by atoms with E-state index in [1.54, 1.807) is 0 Å². The van der Waals surface area contributed by atoms with E-state index in [9.17, 15) is 4.79 Å². The number of carbonyl (C=O) groups is 1. The Balaban J connectivity index is 1.65. The average Bonchev–Trinajstić information content (AvgIpc) is 2.55. The molecule has 3 nitrogen and oxygen atoms in total. The van der Waals surface area contributed by atoms with E-state index in [0.717, 1.165) is 24.2 Å². The van der Waals surface area contributed by atoms with E-state index in [2.05, 4.69) is 51.2 Å². The highest BCUT2D eigenvalue weighted by Crippen LogP contribution is 2.39. The summed E-state index contributed by atoms with van der Waals surface area (Å²) in [4.78, 5) is 12.5. The number of aryl methyl sites for hydroxylation is 3. The van der Waals surface area contributed by atoms with Crippen LogP contribution >= 0.6 is 0 Å². The van der Waals surface area contributed by atoms with E-state index in [0.29, 0.717) is 6.42 Å². The highest BCUT2D eigenvalue weighted by Gasteiger charge is 2.34. The van der Waals surface area contributed by atoms with E-state index in [4.69, 9.17) is 4.74 Å². The SMILES string of the molecule is Cc1ccc(CCC(=O)NC2CC(C)(C)Oc3ccccc32)cc1C. The third-order valence-electron chi connectivity index (χ3n) is 4.92. The zero-order valence-corrected chi connectivity index (χ0v) is 15.6. The maximum atomic E-state index is 12.5. The van der Waals surface area contributed by atoms with Crippen LogP contribution < -0.4 is 10.1 Å². The van der Waals surface area contributed by atoms with Gasteiger partial charge in [0.15, 0.2) is 0 Å². The first-order valence-electron chi connectivity index (χ1n) is 8.97. The summed E-state index contributed by atoms with van der Waals surface area (Å²) in [6.45, 7) is 8.35. The van der Waals surface area contributed by atoms with Crippen molar-refractivity contribution in [2.45, 2.75) is 58.6 Å². The molecule has 2 aromatic rings. The van der Waals surface area contributed by atoms with Crippen molar-refractivity contribution in [3.8, 4) is 5.75 Å². The first-order chi connectivity index (χ1) is 11.8. The topological polar surface area (TPSA) is 38.3 Å². The van der Waals surface area contributed by atoms with Gasteiger partial charge in [-0.2, -0.15) is 0 Å². The molecule has 1 amide bonds. The van der Waals surface area contributed by atoms with Crippen LogP contribution in [0, 0.1) is 13.8 Å². The monoisotopic (exact) mass is 337 g/mol. The zero-order chi connectivity index (χ0) is 18.0. The smallest absolute Gasteiger partial charge is 0.220 e. The number of fused-ring (bicyclic) bond motifs is 1. The molecule has 25 heavy (non-hydrogen) atoms. The lowest BCUT2D eigenvalue weighted by molar-refractivity contribution is -0.122. The molecular weight excluding hydrogens is 310 g/mol. The Bertz CT molecular complexity index is 779. The Hall–Kier alpha value is -2.29. The third-order valence-corrected chi connectivity index (χ3v) is 4.92. The van der Waals surface area contributed by atoms with Crippen molar-refractivity contribution in [1.29, 1.82) is 0 Å². The van der Waals surface area contributed by atoms with Crippen LogP contribution in [0.2, 0.25) is 0 Å². The van der Waals surface area contributed by atoms with E-state index in [-0.39, 0.29) is 17.6 Å². The van der Waals surface area contributed by atoms with Gasteiger partial charge in [-0.1, -0.05) is 36.4 Å². The fraction of sp³-hybridized carbons (Fsp3) is 0.409. The number of hydrogen-bond donors (Lipinski definition) is 1. The van der Waals surface area contributed by atoms with E-state index in [1.165, 1.54) is 16.7 Å². The zero-order valence-electron chi connectivity index (χ0n) is 15.6. The fourth-order valence-corrected chi connectivity index (χ4v) is 3.41. The van der Waals surface area contributed by atoms with Gasteiger partial charge in [-0.25, -0.2) is 0 Å². The molecule has 0 aliphatic carbocycles. The Morgan fingerprint density at radius 1 is 1.16 bits per heavy atom. The number of nitrogens with one attached hydrogen (secondary N) is 1. The molecule has 0 aromatic heterocycles. The van der Waals surface area contributed by atoms with Gasteiger partial charge in [0.25, 0.3) is 0 Å². The normalized spacial score (nSPS) is 18.2. The van der Waals surface area contributed by atoms with Crippen LogP contribution in [0.3, 0.4) is 0 Å². The Morgan fingerprint density at radius 3 is 2.68 bits per heavy atom. The minimum Gasteiger partial charge on any atom is -0.487 e. The number of carbonyl (C=O) groups excluding carboxylic acids is 1. The van der Waals surface area contributed by atoms with Crippen LogP contribution in [0.1, 0.15) is 55.0 Å². The number of rotatable bonds is 4. The number of hydrogen-bond acceptors (Lipinski definition) is 2. The fourth-order valence-electron chi connectivity index (χ4n) is 3.41. The van der Waals surface area contributed by atoms with E-state index >= 15 is 0 Å². The quantitative estimate of drug-likeness (QED) is 0.881. The van der Waals surface area contributed by atoms with Crippen LogP contribution in [-0.4, -0.2) is 11.5 Å². The summed E-state index contributed by atoms with van der Waals surface area (Å²) in [6.07, 6.45) is 2.04. The Kier molecular flexibility index (Phi) is 4.85. The molecule has 0 bridgehead atoms. The second-order valence-electron chi connectivity index (χ2n) is 7.64. The number of benzene rings is 2. The lowest BCUT2D eigenvalue weighted by Gasteiger charge is -2.37. The minimum absolute atomic E-state index is 0.00667. The van der Waals surface area contributed by atoms with Crippen molar-refractivity contribution in [1.82, 2.24) is 5.32 Å². The van der Waals surface area contributed by atoms with Gasteiger partial charge >= 0.3 is 0 Å². The van der Waals surface area contributed by atoms with Crippen molar-refractivity contribution >= 4 is 5.91 Å². The van der Waals surface area contributed by atoms with Gasteiger partial charge in [-0.3, -0.25) is 4.79 Å². The molecule has 3 rings (SSSR count). The van der Waals surface area contributed by atoms with Gasteiger partial charge < -0.3 is 10.1 Å². The number of para-hydroxylation sites is 1. The molecule has 2 aromatic carbocycles. The minimum atomic E-state index is -0.277. The molecule has 132 valence electrons. The molecule has 1 heterocycles. The summed E-state index contributed by atoms with van der Waals surface area (Å²) in [6, 6.07) is 14.4. The van der Waals surface area contributed by atoms with Gasteiger partial charge in [0.05, 0.1) is 6.04 Å². The van der Waals surface area contributed by atoms with Crippen molar-refractivity contribution < 1.29 is 9.53 Å². The van der Waals surface area contributed by atoms with Crippen LogP contribution in [0.15, 0.2) is 42.5 Å². The molecule has 0 radical (unpaired) electrons. The number of ether oxygens (including phenoxy) is 1. The molecule has 1 N–H and O–H groups in total. The van der Waals surface area contributed by atoms with E-state index in [1.807, 2.05) is 24.3 Å². The van der Waals surface area contributed by atoms with Gasteiger partial charge in [0.2, 0.25) is 5.91 Å². The molecule has 1 aliphatic heterocycles. The van der Waals surface area contributed by atoms with Crippen molar-refractivity contribution in [3.05, 3.63) is 64.7 Å². The molecule has 0 spiro atoms. The first kappa shape index (κ1) is 17.5. The summed E-state index contributed by atoms with van der Waals surface area (Å²) in [5.41, 5.74) is 4.57. The maximum absolute atomic E-state index is 12.5. The molecule has 1 unspecified atom stereocenters. The van der Waals surface area contributed by atoms with Gasteiger partial charge in [-0.05, 0) is 56.9 Å². The maximum Gasteiger partial charge on any atom is 0.220 e. The molecule has 1 aliphatic rings. The summed E-state index contributed by atoms with van der Waals surface area (Å²) in [5.74, 6) is 0.967. The lowest BCUT2D eigenvalue weighted by atomic mass is 9.89. The highest BCUT2D eigenvalue weighted by atomic mass is 16.5. The molecular formula is C22H27NO2. The van der Waals surface area contributed by atoms with Gasteiger partial charge in [-0.15, -0.1) is 0 Å². The summed E-state index contributed by atoms with van der Waals surface area (Å²) in [7, 11) is 0. The Labute approximate surface area is 150 Å². The van der Waals surface area contributed by atoms with Crippen LogP contribution in [0.25, 0.3) is 0 Å². The first-order valence-corrected chi connectivity index (χ1v) is 8.97.